The lowest BCUT2D eigenvalue weighted by molar-refractivity contribution is 0.669. The van der Waals surface area contributed by atoms with Gasteiger partial charge in [0.25, 0.3) is 0 Å². The molecule has 1 nitrogen and oxygen atoms in total. The molecule has 2 heteroatoms. The fourth-order valence-electron chi connectivity index (χ4n) is 4.32. The molecule has 0 aliphatic carbocycles. The molecule has 0 unspecified atom stereocenters. The Morgan fingerprint density at radius 3 is 1.97 bits per heavy atom. The maximum Gasteiger partial charge on any atom is 0.136 e. The molecule has 1 aromatic heterocycles. The van der Waals surface area contributed by atoms with Gasteiger partial charge in [-0.1, -0.05) is 90.5 Å². The predicted molar refractivity (Wildman–Crippen MR) is 127 cm³/mol. The van der Waals surface area contributed by atoms with Crippen LogP contribution in [0.25, 0.3) is 55.0 Å². The highest BCUT2D eigenvalue weighted by Gasteiger charge is 2.15. The number of hydrogen-bond donors (Lipinski definition) is 0. The van der Waals surface area contributed by atoms with Gasteiger partial charge in [0.05, 0.1) is 0 Å². The minimum Gasteiger partial charge on any atom is -0.456 e. The van der Waals surface area contributed by atoms with E-state index in [4.69, 9.17) is 16.0 Å². The number of benzene rings is 5. The molecule has 142 valence electrons. The maximum atomic E-state index is 6.28. The molecule has 0 N–H and O–H groups in total. The molecular formula is C28H17ClO. The molecule has 6 aromatic rings. The third-order valence-electron chi connectivity index (χ3n) is 5.74. The Bertz CT molecular complexity index is 1530. The Balaban J connectivity index is 1.60. The monoisotopic (exact) mass is 404 g/mol. The normalized spacial score (nSPS) is 11.5. The van der Waals surface area contributed by atoms with E-state index >= 15 is 0 Å². The zero-order valence-corrected chi connectivity index (χ0v) is 16.9. The van der Waals surface area contributed by atoms with E-state index in [9.17, 15) is 0 Å². The van der Waals surface area contributed by atoms with Gasteiger partial charge in [-0.05, 0) is 57.3 Å². The number of rotatable bonds is 2. The van der Waals surface area contributed by atoms with Gasteiger partial charge in [-0.15, -0.1) is 0 Å². The number of furan rings is 1. The molecule has 0 spiro atoms. The summed E-state index contributed by atoms with van der Waals surface area (Å²) in [5, 5.41) is 5.28. The van der Waals surface area contributed by atoms with Gasteiger partial charge in [-0.3, -0.25) is 0 Å². The Morgan fingerprint density at radius 2 is 1.17 bits per heavy atom. The van der Waals surface area contributed by atoms with E-state index in [-0.39, 0.29) is 0 Å². The van der Waals surface area contributed by atoms with Crippen LogP contribution in [0.15, 0.2) is 108 Å². The van der Waals surface area contributed by atoms with Gasteiger partial charge in [0.15, 0.2) is 0 Å². The molecule has 0 aliphatic heterocycles. The molecule has 30 heavy (non-hydrogen) atoms. The Kier molecular flexibility index (Phi) is 3.90. The van der Waals surface area contributed by atoms with Gasteiger partial charge in [0.1, 0.15) is 11.2 Å². The van der Waals surface area contributed by atoms with Crippen LogP contribution >= 0.6 is 11.6 Å². The van der Waals surface area contributed by atoms with E-state index in [0.29, 0.717) is 0 Å². The van der Waals surface area contributed by atoms with Crippen molar-refractivity contribution in [3.05, 3.63) is 108 Å². The van der Waals surface area contributed by atoms with E-state index in [1.165, 1.54) is 33.0 Å². The summed E-state index contributed by atoms with van der Waals surface area (Å²) in [5.41, 5.74) is 6.51. The Hall–Kier alpha value is -3.55. The summed E-state index contributed by atoms with van der Waals surface area (Å²) in [5.74, 6) is 0. The van der Waals surface area contributed by atoms with Crippen LogP contribution in [0.5, 0.6) is 0 Å². The van der Waals surface area contributed by atoms with Crippen molar-refractivity contribution in [2.45, 2.75) is 0 Å². The molecule has 0 aliphatic rings. The summed E-state index contributed by atoms with van der Waals surface area (Å²) < 4.78 is 6.21. The zero-order chi connectivity index (χ0) is 20.1. The predicted octanol–water partition coefficient (Wildman–Crippen LogP) is 8.73. The topological polar surface area (TPSA) is 13.1 Å². The molecule has 0 radical (unpaired) electrons. The van der Waals surface area contributed by atoms with Crippen molar-refractivity contribution in [3.8, 4) is 22.3 Å². The second kappa shape index (κ2) is 6.76. The van der Waals surface area contributed by atoms with E-state index < -0.39 is 0 Å². The molecule has 1 heterocycles. The lowest BCUT2D eigenvalue weighted by atomic mass is 9.94. The van der Waals surface area contributed by atoms with Crippen molar-refractivity contribution in [2.24, 2.45) is 0 Å². The van der Waals surface area contributed by atoms with Crippen LogP contribution in [0.1, 0.15) is 0 Å². The highest BCUT2D eigenvalue weighted by atomic mass is 35.5. The number of hydrogen-bond acceptors (Lipinski definition) is 1. The second-order valence-corrected chi connectivity index (χ2v) is 7.97. The van der Waals surface area contributed by atoms with Crippen LogP contribution < -0.4 is 0 Å². The van der Waals surface area contributed by atoms with E-state index in [1.54, 1.807) is 0 Å². The summed E-state index contributed by atoms with van der Waals surface area (Å²) in [6, 6.07) is 35.7. The quantitative estimate of drug-likeness (QED) is 0.281. The molecule has 0 atom stereocenters. The lowest BCUT2D eigenvalue weighted by Crippen LogP contribution is -1.84. The van der Waals surface area contributed by atoms with Gasteiger partial charge >= 0.3 is 0 Å². The van der Waals surface area contributed by atoms with Crippen molar-refractivity contribution >= 4 is 44.3 Å². The first-order chi connectivity index (χ1) is 14.8. The lowest BCUT2D eigenvalue weighted by Gasteiger charge is -2.10. The molecular weight excluding hydrogens is 388 g/mol. The SMILES string of the molecule is Clc1ccc2oc3cc(-c4ccc(-c5ccccc5)cc4)c4ccccc4c3c2c1. The molecule has 0 bridgehead atoms. The summed E-state index contributed by atoms with van der Waals surface area (Å²) in [6.45, 7) is 0. The van der Waals surface area contributed by atoms with E-state index in [1.807, 2.05) is 24.3 Å². The average molecular weight is 405 g/mol. The molecule has 6 rings (SSSR count). The van der Waals surface area contributed by atoms with Crippen molar-refractivity contribution in [2.75, 3.05) is 0 Å². The minimum atomic E-state index is 0.717. The first-order valence-corrected chi connectivity index (χ1v) is 10.3. The molecule has 5 aromatic carbocycles. The highest BCUT2D eigenvalue weighted by Crippen LogP contribution is 2.40. The third-order valence-corrected chi connectivity index (χ3v) is 5.98. The minimum absolute atomic E-state index is 0.717. The number of halogens is 1. The fourth-order valence-corrected chi connectivity index (χ4v) is 4.50. The molecule has 0 amide bonds. The Labute approximate surface area is 179 Å². The van der Waals surface area contributed by atoms with Crippen LogP contribution in [0, 0.1) is 0 Å². The van der Waals surface area contributed by atoms with Crippen molar-refractivity contribution < 1.29 is 4.42 Å². The molecule has 0 fully saturated rings. The summed E-state index contributed by atoms with van der Waals surface area (Å²) >= 11 is 6.28. The average Bonchev–Trinajstić information content (AvgIpc) is 3.17. The van der Waals surface area contributed by atoms with E-state index in [2.05, 4.69) is 78.9 Å². The van der Waals surface area contributed by atoms with E-state index in [0.717, 1.165) is 27.0 Å². The van der Waals surface area contributed by atoms with Crippen molar-refractivity contribution in [1.29, 1.82) is 0 Å². The van der Waals surface area contributed by atoms with Gasteiger partial charge < -0.3 is 4.42 Å². The summed E-state index contributed by atoms with van der Waals surface area (Å²) in [7, 11) is 0. The highest BCUT2D eigenvalue weighted by molar-refractivity contribution is 6.32. The smallest absolute Gasteiger partial charge is 0.136 e. The van der Waals surface area contributed by atoms with Gasteiger partial charge in [-0.2, -0.15) is 0 Å². The van der Waals surface area contributed by atoms with Gasteiger partial charge in [0, 0.05) is 15.8 Å². The van der Waals surface area contributed by atoms with Crippen molar-refractivity contribution in [1.82, 2.24) is 0 Å². The second-order valence-electron chi connectivity index (χ2n) is 7.53. The first kappa shape index (κ1) is 17.3. The molecule has 0 saturated carbocycles. The largest absolute Gasteiger partial charge is 0.456 e. The fraction of sp³-hybridized carbons (Fsp3) is 0. The maximum absolute atomic E-state index is 6.28. The van der Waals surface area contributed by atoms with Crippen LogP contribution in [-0.4, -0.2) is 0 Å². The van der Waals surface area contributed by atoms with Gasteiger partial charge in [0.2, 0.25) is 0 Å². The van der Waals surface area contributed by atoms with Crippen LogP contribution in [0.4, 0.5) is 0 Å². The summed E-state index contributed by atoms with van der Waals surface area (Å²) in [4.78, 5) is 0. The Morgan fingerprint density at radius 1 is 0.500 bits per heavy atom. The zero-order valence-electron chi connectivity index (χ0n) is 16.1. The molecule has 0 saturated heterocycles. The van der Waals surface area contributed by atoms with Crippen LogP contribution in [-0.2, 0) is 0 Å². The summed E-state index contributed by atoms with van der Waals surface area (Å²) in [6.07, 6.45) is 0. The first-order valence-electron chi connectivity index (χ1n) is 9.97. The standard InChI is InChI=1S/C28H17ClO/c29-21-14-15-26-25(16-21)28-23-9-5-4-8-22(23)24(17-27(28)30-26)20-12-10-19(11-13-20)18-6-2-1-3-7-18/h1-17H. The number of fused-ring (bicyclic) bond motifs is 5. The van der Waals surface area contributed by atoms with Crippen LogP contribution in [0.2, 0.25) is 5.02 Å². The third kappa shape index (κ3) is 2.71. The van der Waals surface area contributed by atoms with Crippen molar-refractivity contribution in [3.63, 3.8) is 0 Å². The van der Waals surface area contributed by atoms with Crippen LogP contribution in [0.3, 0.4) is 0 Å². The van der Waals surface area contributed by atoms with Gasteiger partial charge in [-0.25, -0.2) is 0 Å².